The smallest absolute Gasteiger partial charge is 0.274 e. The van der Waals surface area contributed by atoms with E-state index in [0.29, 0.717) is 5.69 Å². The largest absolute Gasteiger partial charge is 0.385 e. The number of amides is 1. The van der Waals surface area contributed by atoms with Gasteiger partial charge in [0.1, 0.15) is 5.69 Å². The summed E-state index contributed by atoms with van der Waals surface area (Å²) in [6.45, 7) is 3.88. The van der Waals surface area contributed by atoms with Crippen LogP contribution in [0.3, 0.4) is 0 Å². The highest BCUT2D eigenvalue weighted by Crippen LogP contribution is 2.24. The average molecular weight is 391 g/mol. The van der Waals surface area contributed by atoms with Gasteiger partial charge in [0.15, 0.2) is 0 Å². The van der Waals surface area contributed by atoms with Crippen LogP contribution in [0.25, 0.3) is 0 Å². The van der Waals surface area contributed by atoms with Crippen LogP contribution in [-0.2, 0) is 0 Å². The van der Waals surface area contributed by atoms with Crippen molar-refractivity contribution in [3.05, 3.63) is 52.3 Å². The van der Waals surface area contributed by atoms with Gasteiger partial charge in [-0.15, -0.1) is 0 Å². The summed E-state index contributed by atoms with van der Waals surface area (Å²) in [6, 6.07) is 9.43. The lowest BCUT2D eigenvalue weighted by Gasteiger charge is -2.11. The number of anilines is 2. The van der Waals surface area contributed by atoms with Gasteiger partial charge in [0.25, 0.3) is 5.91 Å². The van der Waals surface area contributed by atoms with E-state index in [1.165, 1.54) is 0 Å². The van der Waals surface area contributed by atoms with Crippen molar-refractivity contribution in [2.75, 3.05) is 37.8 Å². The molecule has 2 N–H and O–H groups in total. The highest BCUT2D eigenvalue weighted by molar-refractivity contribution is 9.10. The molecule has 0 unspecified atom stereocenters. The number of hydrogen-bond acceptors (Lipinski definition) is 4. The molecule has 0 saturated carbocycles. The minimum Gasteiger partial charge on any atom is -0.385 e. The maximum Gasteiger partial charge on any atom is 0.274 e. The third kappa shape index (κ3) is 5.62. The molecule has 1 heterocycles. The first-order chi connectivity index (χ1) is 11.5. The zero-order valence-corrected chi connectivity index (χ0v) is 15.9. The predicted molar refractivity (Wildman–Crippen MR) is 103 cm³/mol. The standard InChI is InChI=1S/C18H23BrN4O/c1-13-5-6-16(15(19)11-13)22-18(24)17-12-14(7-9-21-17)20-8-4-10-23(2)3/h5-7,9,11-12H,4,8,10H2,1-3H3,(H,20,21)(H,22,24). The van der Waals surface area contributed by atoms with Crippen LogP contribution in [0.15, 0.2) is 41.0 Å². The maximum absolute atomic E-state index is 12.4. The summed E-state index contributed by atoms with van der Waals surface area (Å²) in [6.07, 6.45) is 2.68. The van der Waals surface area contributed by atoms with Gasteiger partial charge in [-0.2, -0.15) is 0 Å². The quantitative estimate of drug-likeness (QED) is 0.706. The van der Waals surface area contributed by atoms with Crippen molar-refractivity contribution in [3.63, 3.8) is 0 Å². The van der Waals surface area contributed by atoms with E-state index in [2.05, 4.69) is 50.5 Å². The van der Waals surface area contributed by atoms with Gasteiger partial charge in [0, 0.05) is 22.9 Å². The Morgan fingerprint density at radius 3 is 2.75 bits per heavy atom. The summed E-state index contributed by atoms with van der Waals surface area (Å²) in [5.74, 6) is -0.225. The van der Waals surface area contributed by atoms with Crippen LogP contribution in [0.4, 0.5) is 11.4 Å². The number of hydrogen-bond donors (Lipinski definition) is 2. The summed E-state index contributed by atoms with van der Waals surface area (Å²) in [5.41, 5.74) is 3.15. The van der Waals surface area contributed by atoms with Gasteiger partial charge in [0.2, 0.25) is 0 Å². The van der Waals surface area contributed by atoms with E-state index < -0.39 is 0 Å². The van der Waals surface area contributed by atoms with E-state index in [-0.39, 0.29) is 5.91 Å². The summed E-state index contributed by atoms with van der Waals surface area (Å²) in [4.78, 5) is 18.7. The second kappa shape index (κ2) is 8.80. The van der Waals surface area contributed by atoms with Gasteiger partial charge in [-0.25, -0.2) is 0 Å². The highest BCUT2D eigenvalue weighted by atomic mass is 79.9. The topological polar surface area (TPSA) is 57.3 Å². The highest BCUT2D eigenvalue weighted by Gasteiger charge is 2.10. The van der Waals surface area contributed by atoms with E-state index >= 15 is 0 Å². The summed E-state index contributed by atoms with van der Waals surface area (Å²) in [7, 11) is 4.11. The molecule has 0 radical (unpaired) electrons. The Bertz CT molecular complexity index is 703. The third-order valence-electron chi connectivity index (χ3n) is 3.48. The third-order valence-corrected chi connectivity index (χ3v) is 4.13. The minimum atomic E-state index is -0.225. The number of nitrogens with one attached hydrogen (secondary N) is 2. The first kappa shape index (κ1) is 18.4. The first-order valence-electron chi connectivity index (χ1n) is 7.88. The summed E-state index contributed by atoms with van der Waals surface area (Å²) in [5, 5.41) is 6.20. The zero-order valence-electron chi connectivity index (χ0n) is 14.3. The Kier molecular flexibility index (Phi) is 6.75. The number of aromatic nitrogens is 1. The van der Waals surface area contributed by atoms with Crippen molar-refractivity contribution in [1.82, 2.24) is 9.88 Å². The molecule has 0 aliphatic carbocycles. The summed E-state index contributed by atoms with van der Waals surface area (Å²) >= 11 is 3.46. The molecule has 1 aromatic carbocycles. The van der Waals surface area contributed by atoms with Crippen molar-refractivity contribution in [2.45, 2.75) is 13.3 Å². The fourth-order valence-electron chi connectivity index (χ4n) is 2.20. The molecule has 2 aromatic rings. The van der Waals surface area contributed by atoms with Gasteiger partial charge in [0.05, 0.1) is 5.69 Å². The molecule has 0 saturated heterocycles. The monoisotopic (exact) mass is 390 g/mol. The first-order valence-corrected chi connectivity index (χ1v) is 8.67. The van der Waals surface area contributed by atoms with E-state index in [1.807, 2.05) is 31.2 Å². The Morgan fingerprint density at radius 2 is 2.04 bits per heavy atom. The van der Waals surface area contributed by atoms with E-state index in [4.69, 9.17) is 0 Å². The second-order valence-corrected chi connectivity index (χ2v) is 6.81. The molecule has 5 nitrogen and oxygen atoms in total. The number of pyridine rings is 1. The number of rotatable bonds is 7. The SMILES string of the molecule is Cc1ccc(NC(=O)c2cc(NCCCN(C)C)ccn2)c(Br)c1. The molecule has 6 heteroatoms. The molecule has 0 spiro atoms. The lowest BCUT2D eigenvalue weighted by molar-refractivity contribution is 0.102. The van der Waals surface area contributed by atoms with Crippen molar-refractivity contribution in [2.24, 2.45) is 0 Å². The molecule has 2 rings (SSSR count). The summed E-state index contributed by atoms with van der Waals surface area (Å²) < 4.78 is 0.855. The molecule has 128 valence electrons. The zero-order chi connectivity index (χ0) is 17.5. The lowest BCUT2D eigenvalue weighted by Crippen LogP contribution is -2.17. The number of nitrogens with zero attached hydrogens (tertiary/aromatic N) is 2. The Balaban J connectivity index is 1.98. The molecule has 0 atom stereocenters. The van der Waals surface area contributed by atoms with E-state index in [1.54, 1.807) is 12.3 Å². The molecule has 0 bridgehead atoms. The predicted octanol–water partition coefficient (Wildman–Crippen LogP) is 3.77. The minimum absolute atomic E-state index is 0.225. The van der Waals surface area contributed by atoms with Crippen molar-refractivity contribution in [3.8, 4) is 0 Å². The Morgan fingerprint density at radius 1 is 1.25 bits per heavy atom. The van der Waals surface area contributed by atoms with Gasteiger partial charge in [-0.05, 0) is 79.7 Å². The van der Waals surface area contributed by atoms with Crippen molar-refractivity contribution >= 4 is 33.2 Å². The number of halogens is 1. The molecule has 0 aliphatic rings. The molecule has 0 fully saturated rings. The van der Waals surface area contributed by atoms with Crippen molar-refractivity contribution < 1.29 is 4.79 Å². The Labute approximate surface area is 151 Å². The fourth-order valence-corrected chi connectivity index (χ4v) is 2.79. The number of benzene rings is 1. The maximum atomic E-state index is 12.4. The van der Waals surface area contributed by atoms with Gasteiger partial charge in [-0.3, -0.25) is 9.78 Å². The molecular weight excluding hydrogens is 368 g/mol. The van der Waals surface area contributed by atoms with Crippen LogP contribution in [0.1, 0.15) is 22.5 Å². The van der Waals surface area contributed by atoms with Gasteiger partial charge < -0.3 is 15.5 Å². The van der Waals surface area contributed by atoms with Crippen LogP contribution >= 0.6 is 15.9 Å². The number of carbonyl (C=O) groups is 1. The second-order valence-electron chi connectivity index (χ2n) is 5.95. The number of carbonyl (C=O) groups excluding carboxylic acids is 1. The number of aryl methyl sites for hydroxylation is 1. The molecular formula is C18H23BrN4O. The average Bonchev–Trinajstić information content (AvgIpc) is 2.54. The van der Waals surface area contributed by atoms with Crippen LogP contribution in [0, 0.1) is 6.92 Å². The van der Waals surface area contributed by atoms with Crippen LogP contribution < -0.4 is 10.6 Å². The van der Waals surface area contributed by atoms with E-state index in [9.17, 15) is 4.79 Å². The molecule has 24 heavy (non-hydrogen) atoms. The van der Waals surface area contributed by atoms with Crippen LogP contribution in [0.2, 0.25) is 0 Å². The molecule has 1 aromatic heterocycles. The van der Waals surface area contributed by atoms with Crippen LogP contribution in [-0.4, -0.2) is 43.0 Å². The molecule has 1 amide bonds. The fraction of sp³-hybridized carbons (Fsp3) is 0.333. The van der Waals surface area contributed by atoms with Crippen molar-refractivity contribution in [1.29, 1.82) is 0 Å². The normalized spacial score (nSPS) is 10.7. The Hall–Kier alpha value is -1.92. The van der Waals surface area contributed by atoms with Crippen LogP contribution in [0.5, 0.6) is 0 Å². The van der Waals surface area contributed by atoms with Gasteiger partial charge in [-0.1, -0.05) is 6.07 Å². The molecule has 0 aliphatic heterocycles. The lowest BCUT2D eigenvalue weighted by atomic mass is 10.2. The van der Waals surface area contributed by atoms with Gasteiger partial charge >= 0.3 is 0 Å². The van der Waals surface area contributed by atoms with E-state index in [0.717, 1.165) is 40.9 Å².